The summed E-state index contributed by atoms with van der Waals surface area (Å²) in [6, 6.07) is 11.8. The Hall–Kier alpha value is -4.22. The van der Waals surface area contributed by atoms with Gasteiger partial charge in [0.2, 0.25) is 0 Å². The van der Waals surface area contributed by atoms with E-state index in [-0.39, 0.29) is 22.4 Å². The number of fused-ring (bicyclic) bond motifs is 1. The van der Waals surface area contributed by atoms with Gasteiger partial charge in [-0.1, -0.05) is 12.1 Å². The third kappa shape index (κ3) is 6.10. The molecule has 4 aromatic rings. The summed E-state index contributed by atoms with van der Waals surface area (Å²) in [4.78, 5) is 28.5. The molecule has 1 aliphatic heterocycles. The van der Waals surface area contributed by atoms with Crippen LogP contribution in [0.4, 0.5) is 0 Å². The van der Waals surface area contributed by atoms with Crippen molar-refractivity contribution in [2.45, 2.75) is 11.4 Å². The molecule has 202 valence electrons. The number of aromatic amines is 1. The number of benzene rings is 1. The molecule has 0 spiro atoms. The Labute approximate surface area is 226 Å². The number of piperazine rings is 1. The summed E-state index contributed by atoms with van der Waals surface area (Å²) >= 11 is 0. The Kier molecular flexibility index (Phi) is 7.62. The molecule has 1 aromatic carbocycles. The van der Waals surface area contributed by atoms with Crippen molar-refractivity contribution in [3.8, 4) is 17.1 Å². The van der Waals surface area contributed by atoms with Gasteiger partial charge in [-0.25, -0.2) is 8.42 Å². The number of rotatable bonds is 8. The van der Waals surface area contributed by atoms with Crippen LogP contribution in [0.3, 0.4) is 0 Å². The van der Waals surface area contributed by atoms with Crippen LogP contribution in [0.2, 0.25) is 0 Å². The summed E-state index contributed by atoms with van der Waals surface area (Å²) in [5.41, 5.74) is 2.70. The predicted octanol–water partition coefficient (Wildman–Crippen LogP) is 2.80. The monoisotopic (exact) mass is 546 g/mol. The number of nitrogens with one attached hydrogen (secondary N) is 2. The van der Waals surface area contributed by atoms with Gasteiger partial charge in [0.05, 0.1) is 21.9 Å². The van der Waals surface area contributed by atoms with Gasteiger partial charge in [-0.3, -0.25) is 14.8 Å². The molecule has 11 heteroatoms. The number of pyridine rings is 2. The summed E-state index contributed by atoms with van der Waals surface area (Å²) in [6.07, 6.45) is 8.17. The van der Waals surface area contributed by atoms with E-state index in [2.05, 4.69) is 37.1 Å². The molecule has 39 heavy (non-hydrogen) atoms. The maximum atomic E-state index is 12.9. The van der Waals surface area contributed by atoms with E-state index in [0.717, 1.165) is 31.7 Å². The maximum absolute atomic E-state index is 12.9. The summed E-state index contributed by atoms with van der Waals surface area (Å²) in [5, 5.41) is 14.1. The molecule has 3 aromatic heterocycles. The van der Waals surface area contributed by atoms with E-state index in [4.69, 9.17) is 0 Å². The fraction of sp³-hybridized carbons (Fsp3) is 0.250. The number of likely N-dealkylation sites (N-methyl/N-ethyl adjacent to an activating group) is 1. The minimum Gasteiger partial charge on any atom is -0.494 e. The number of hydrogen-bond donors (Lipinski definition) is 3. The molecule has 5 rings (SSSR count). The molecular weight excluding hydrogens is 516 g/mol. The fourth-order valence-corrected chi connectivity index (χ4v) is 5.48. The smallest absolute Gasteiger partial charge is 0.251 e. The van der Waals surface area contributed by atoms with Crippen molar-refractivity contribution >= 4 is 26.6 Å². The number of aromatic nitrogens is 3. The Morgan fingerprint density at radius 2 is 1.95 bits per heavy atom. The summed E-state index contributed by atoms with van der Waals surface area (Å²) in [7, 11) is -1.50. The lowest BCUT2D eigenvalue weighted by Crippen LogP contribution is -2.41. The molecule has 1 aliphatic rings. The van der Waals surface area contributed by atoms with Crippen LogP contribution in [-0.2, 0) is 16.4 Å². The molecule has 10 nitrogen and oxygen atoms in total. The lowest BCUT2D eigenvalue weighted by molar-refractivity contribution is 0.0951. The first-order valence-corrected chi connectivity index (χ1v) is 14.3. The topological polar surface area (TPSA) is 132 Å². The Bertz CT molecular complexity index is 1590. The number of hydrogen-bond acceptors (Lipinski definition) is 8. The zero-order valence-corrected chi connectivity index (χ0v) is 22.4. The van der Waals surface area contributed by atoms with Crippen LogP contribution < -0.4 is 5.32 Å². The average Bonchev–Trinajstić information content (AvgIpc) is 3.28. The van der Waals surface area contributed by atoms with E-state index in [1.54, 1.807) is 48.8 Å². The fourth-order valence-electron chi connectivity index (χ4n) is 4.46. The van der Waals surface area contributed by atoms with E-state index in [0.29, 0.717) is 34.3 Å². The normalized spacial score (nSPS) is 14.7. The third-order valence-corrected chi connectivity index (χ3v) is 8.33. The second-order valence-electron chi connectivity index (χ2n) is 9.54. The highest BCUT2D eigenvalue weighted by atomic mass is 32.2. The van der Waals surface area contributed by atoms with E-state index in [1.165, 1.54) is 12.3 Å². The molecule has 0 radical (unpaired) electrons. The van der Waals surface area contributed by atoms with Gasteiger partial charge in [0.15, 0.2) is 15.7 Å². The third-order valence-electron chi connectivity index (χ3n) is 6.74. The van der Waals surface area contributed by atoms with E-state index in [9.17, 15) is 18.3 Å². The minimum absolute atomic E-state index is 0.101. The lowest BCUT2D eigenvalue weighted by Gasteiger charge is -2.31. The zero-order chi connectivity index (χ0) is 27.4. The van der Waals surface area contributed by atoms with Crippen LogP contribution >= 0.6 is 0 Å². The SMILES string of the molecule is CN1CCN(C=CCS(=O)(=O)c2ccc(-c3c(O)[nH]c4ccc(C(=O)NCc5cccnc5)cc34)nc2)CC1. The highest BCUT2D eigenvalue weighted by Crippen LogP contribution is 2.36. The van der Waals surface area contributed by atoms with Gasteiger partial charge < -0.3 is 25.2 Å². The lowest BCUT2D eigenvalue weighted by atomic mass is 10.1. The molecule has 1 amide bonds. The second kappa shape index (κ2) is 11.3. The average molecular weight is 547 g/mol. The summed E-state index contributed by atoms with van der Waals surface area (Å²) in [5.74, 6) is -0.515. The minimum atomic E-state index is -3.57. The first-order valence-electron chi connectivity index (χ1n) is 12.6. The number of H-pyrrole nitrogens is 1. The number of aromatic hydroxyl groups is 1. The van der Waals surface area contributed by atoms with Crippen molar-refractivity contribution < 1.29 is 18.3 Å². The van der Waals surface area contributed by atoms with Gasteiger partial charge in [-0.15, -0.1) is 0 Å². The van der Waals surface area contributed by atoms with Crippen molar-refractivity contribution in [1.82, 2.24) is 30.1 Å². The van der Waals surface area contributed by atoms with Gasteiger partial charge >= 0.3 is 0 Å². The Balaban J connectivity index is 1.32. The molecule has 3 N–H and O–H groups in total. The van der Waals surface area contributed by atoms with Crippen molar-refractivity contribution in [2.75, 3.05) is 39.0 Å². The molecule has 1 saturated heterocycles. The summed E-state index contributed by atoms with van der Waals surface area (Å²) in [6.45, 7) is 3.95. The van der Waals surface area contributed by atoms with E-state index in [1.807, 2.05) is 12.3 Å². The maximum Gasteiger partial charge on any atom is 0.251 e. The molecule has 1 fully saturated rings. The molecular formula is C28H30N6O4S. The largest absolute Gasteiger partial charge is 0.494 e. The molecule has 0 atom stereocenters. The van der Waals surface area contributed by atoms with Crippen LogP contribution in [0.1, 0.15) is 15.9 Å². The highest BCUT2D eigenvalue weighted by molar-refractivity contribution is 7.91. The molecule has 0 aliphatic carbocycles. The standard InChI is InChI=1S/C28H30N6O4S/c1-33-11-13-34(14-12-33)10-3-15-39(37,38)22-6-8-25(30-19-22)26-23-16-21(5-7-24(23)32-28(26)36)27(35)31-18-20-4-2-9-29-17-20/h2-10,16-17,19,32,36H,11-15,18H2,1H3,(H,31,35). The predicted molar refractivity (Wildman–Crippen MR) is 149 cm³/mol. The van der Waals surface area contributed by atoms with Crippen molar-refractivity contribution in [2.24, 2.45) is 0 Å². The number of nitrogens with zero attached hydrogens (tertiary/aromatic N) is 4. The zero-order valence-electron chi connectivity index (χ0n) is 21.5. The number of carbonyl (C=O) groups excluding carboxylic acids is 1. The van der Waals surface area contributed by atoms with Gasteiger partial charge in [-0.05, 0) is 55.2 Å². The van der Waals surface area contributed by atoms with Crippen LogP contribution in [0.15, 0.2) is 78.2 Å². The van der Waals surface area contributed by atoms with Crippen LogP contribution in [0, 0.1) is 0 Å². The van der Waals surface area contributed by atoms with Crippen LogP contribution in [0.25, 0.3) is 22.2 Å². The van der Waals surface area contributed by atoms with Crippen molar-refractivity contribution in [3.63, 3.8) is 0 Å². The van der Waals surface area contributed by atoms with Gasteiger partial charge in [0.1, 0.15) is 0 Å². The first kappa shape index (κ1) is 26.4. The molecule has 0 bridgehead atoms. The Morgan fingerprint density at radius 3 is 2.67 bits per heavy atom. The van der Waals surface area contributed by atoms with Crippen LogP contribution in [-0.4, -0.2) is 83.2 Å². The highest BCUT2D eigenvalue weighted by Gasteiger charge is 2.19. The summed E-state index contributed by atoms with van der Waals surface area (Å²) < 4.78 is 25.7. The van der Waals surface area contributed by atoms with Gasteiger partial charge in [0.25, 0.3) is 5.91 Å². The number of sulfone groups is 1. The van der Waals surface area contributed by atoms with Crippen molar-refractivity contribution in [1.29, 1.82) is 0 Å². The van der Waals surface area contributed by atoms with Gasteiger partial charge in [0, 0.05) is 67.8 Å². The number of amides is 1. The quantitative estimate of drug-likeness (QED) is 0.308. The van der Waals surface area contributed by atoms with Crippen molar-refractivity contribution in [3.05, 3.63) is 84.5 Å². The Morgan fingerprint density at radius 1 is 1.13 bits per heavy atom. The molecule has 4 heterocycles. The second-order valence-corrected chi connectivity index (χ2v) is 11.6. The molecule has 0 unspecified atom stereocenters. The van der Waals surface area contributed by atoms with Gasteiger partial charge in [-0.2, -0.15) is 0 Å². The van der Waals surface area contributed by atoms with E-state index < -0.39 is 9.84 Å². The number of carbonyl (C=O) groups is 1. The molecule has 0 saturated carbocycles. The first-order chi connectivity index (χ1) is 18.8. The van der Waals surface area contributed by atoms with E-state index >= 15 is 0 Å². The van der Waals surface area contributed by atoms with Crippen LogP contribution in [0.5, 0.6) is 5.88 Å².